The van der Waals surface area contributed by atoms with Gasteiger partial charge in [-0.2, -0.15) is 0 Å². The fourth-order valence-corrected chi connectivity index (χ4v) is 5.31. The van der Waals surface area contributed by atoms with E-state index in [0.29, 0.717) is 30.7 Å². The van der Waals surface area contributed by atoms with Crippen LogP contribution in [0.1, 0.15) is 61.0 Å². The predicted octanol–water partition coefficient (Wildman–Crippen LogP) is 5.00. The summed E-state index contributed by atoms with van der Waals surface area (Å²) in [6.07, 6.45) is 4.63. The van der Waals surface area contributed by atoms with E-state index >= 15 is 0 Å². The molecule has 5 nitrogen and oxygen atoms in total. The maximum absolute atomic E-state index is 12.9. The number of piperidine rings is 1. The van der Waals surface area contributed by atoms with Crippen LogP contribution < -0.4 is 14.8 Å². The first-order valence-electron chi connectivity index (χ1n) is 11.4. The third kappa shape index (κ3) is 3.51. The van der Waals surface area contributed by atoms with Gasteiger partial charge in [0, 0.05) is 47.9 Å². The Morgan fingerprint density at radius 1 is 1.03 bits per heavy atom. The Balaban J connectivity index is 1.63. The SMILES string of the molecule is CCN(CC)C(=O)c1ccc2c(c1)Oc1cc(OC)ccc1C2=C1CC2CCC(C1)N2. The van der Waals surface area contributed by atoms with E-state index in [4.69, 9.17) is 9.47 Å². The van der Waals surface area contributed by atoms with Gasteiger partial charge in [0.15, 0.2) is 0 Å². The lowest BCUT2D eigenvalue weighted by molar-refractivity contribution is 0.0772. The predicted molar refractivity (Wildman–Crippen MR) is 122 cm³/mol. The molecular formula is C26H30N2O3. The van der Waals surface area contributed by atoms with Crippen LogP contribution in [-0.4, -0.2) is 43.1 Å². The quantitative estimate of drug-likeness (QED) is 0.648. The number of carbonyl (C=O) groups excluding carboxylic acids is 1. The van der Waals surface area contributed by atoms with E-state index in [1.54, 1.807) is 7.11 Å². The summed E-state index contributed by atoms with van der Waals surface area (Å²) in [6.45, 7) is 5.40. The lowest BCUT2D eigenvalue weighted by atomic mass is 9.84. The fraction of sp³-hybridized carbons (Fsp3) is 0.423. The van der Waals surface area contributed by atoms with E-state index < -0.39 is 0 Å². The Morgan fingerprint density at radius 3 is 2.32 bits per heavy atom. The largest absolute Gasteiger partial charge is 0.497 e. The first kappa shape index (κ1) is 20.1. The van der Waals surface area contributed by atoms with Crippen molar-refractivity contribution in [3.63, 3.8) is 0 Å². The maximum atomic E-state index is 12.9. The van der Waals surface area contributed by atoms with Gasteiger partial charge in [-0.1, -0.05) is 5.57 Å². The molecule has 0 saturated carbocycles. The zero-order valence-corrected chi connectivity index (χ0v) is 18.5. The third-order valence-electron chi connectivity index (χ3n) is 6.90. The summed E-state index contributed by atoms with van der Waals surface area (Å²) in [5.41, 5.74) is 5.64. The van der Waals surface area contributed by atoms with Gasteiger partial charge in [-0.3, -0.25) is 4.79 Å². The number of amides is 1. The van der Waals surface area contributed by atoms with Gasteiger partial charge in [-0.15, -0.1) is 0 Å². The van der Waals surface area contributed by atoms with Gasteiger partial charge < -0.3 is 19.7 Å². The summed E-state index contributed by atoms with van der Waals surface area (Å²) in [5, 5.41) is 3.74. The summed E-state index contributed by atoms with van der Waals surface area (Å²) in [4.78, 5) is 14.8. The van der Waals surface area contributed by atoms with Crippen molar-refractivity contribution in [2.24, 2.45) is 0 Å². The summed E-state index contributed by atoms with van der Waals surface area (Å²) in [7, 11) is 1.67. The molecule has 0 radical (unpaired) electrons. The number of benzene rings is 2. The molecule has 162 valence electrons. The van der Waals surface area contributed by atoms with Gasteiger partial charge in [-0.05, 0) is 75.4 Å². The molecule has 3 heterocycles. The van der Waals surface area contributed by atoms with Crippen LogP contribution in [0.4, 0.5) is 0 Å². The van der Waals surface area contributed by atoms with Gasteiger partial charge >= 0.3 is 0 Å². The van der Waals surface area contributed by atoms with Gasteiger partial charge in [0.25, 0.3) is 5.91 Å². The van der Waals surface area contributed by atoms with Gasteiger partial charge in [0.1, 0.15) is 17.2 Å². The van der Waals surface area contributed by atoms with Crippen LogP contribution in [-0.2, 0) is 0 Å². The van der Waals surface area contributed by atoms with Gasteiger partial charge in [0.05, 0.1) is 7.11 Å². The molecule has 1 N–H and O–H groups in total. The van der Waals surface area contributed by atoms with Gasteiger partial charge in [-0.25, -0.2) is 0 Å². The van der Waals surface area contributed by atoms with Crippen molar-refractivity contribution in [3.05, 3.63) is 58.7 Å². The number of methoxy groups -OCH3 is 1. The number of rotatable bonds is 4. The van der Waals surface area contributed by atoms with Crippen molar-refractivity contribution in [2.45, 2.75) is 51.6 Å². The van der Waals surface area contributed by atoms with Gasteiger partial charge in [0.2, 0.25) is 0 Å². The Morgan fingerprint density at radius 2 is 1.68 bits per heavy atom. The molecule has 2 saturated heterocycles. The van der Waals surface area contributed by atoms with E-state index in [1.807, 2.05) is 43.0 Å². The highest BCUT2D eigenvalue weighted by molar-refractivity contribution is 5.97. The molecule has 2 fully saturated rings. The van der Waals surface area contributed by atoms with Crippen molar-refractivity contribution in [1.29, 1.82) is 0 Å². The van der Waals surface area contributed by atoms with Crippen molar-refractivity contribution in [2.75, 3.05) is 20.2 Å². The zero-order chi connectivity index (χ0) is 21.5. The van der Waals surface area contributed by atoms with E-state index in [9.17, 15) is 4.79 Å². The third-order valence-corrected chi connectivity index (χ3v) is 6.90. The Kier molecular flexibility index (Phi) is 5.22. The first-order valence-corrected chi connectivity index (χ1v) is 11.4. The molecule has 5 rings (SSSR count). The number of nitrogens with one attached hydrogen (secondary N) is 1. The lowest BCUT2D eigenvalue weighted by Crippen LogP contribution is -2.35. The van der Waals surface area contributed by atoms with E-state index in [2.05, 4.69) is 17.4 Å². The Hall–Kier alpha value is -2.79. The Bertz CT molecular complexity index is 1040. The molecule has 0 spiro atoms. The van der Waals surface area contributed by atoms with E-state index in [1.165, 1.54) is 24.0 Å². The van der Waals surface area contributed by atoms with Crippen molar-refractivity contribution < 1.29 is 14.3 Å². The standard InChI is InChI=1S/C26H30N2O3/c1-4-28(5-2)26(29)16-6-10-21-23(14-16)31-24-15-20(30-3)9-11-22(24)25(21)17-12-18-7-8-19(13-17)27-18/h6,9-11,14-15,18-19,27H,4-5,7-8,12-13H2,1-3H3. The summed E-state index contributed by atoms with van der Waals surface area (Å²) < 4.78 is 11.8. The van der Waals surface area contributed by atoms with Crippen LogP contribution >= 0.6 is 0 Å². The minimum Gasteiger partial charge on any atom is -0.497 e. The van der Waals surface area contributed by atoms with Crippen LogP contribution in [0.2, 0.25) is 0 Å². The number of nitrogens with zero attached hydrogens (tertiary/aromatic N) is 1. The maximum Gasteiger partial charge on any atom is 0.253 e. The van der Waals surface area contributed by atoms with Crippen molar-refractivity contribution in [1.82, 2.24) is 10.2 Å². The first-order chi connectivity index (χ1) is 15.1. The second-order valence-electron chi connectivity index (χ2n) is 8.68. The smallest absolute Gasteiger partial charge is 0.253 e. The molecule has 5 heteroatoms. The summed E-state index contributed by atoms with van der Waals surface area (Å²) in [5.74, 6) is 2.37. The van der Waals surface area contributed by atoms with E-state index in [0.717, 1.165) is 41.2 Å². The normalized spacial score (nSPS) is 21.3. The zero-order valence-electron chi connectivity index (χ0n) is 18.5. The number of hydrogen-bond donors (Lipinski definition) is 1. The van der Waals surface area contributed by atoms with Crippen molar-refractivity contribution in [3.8, 4) is 17.2 Å². The highest BCUT2D eigenvalue weighted by atomic mass is 16.5. The monoisotopic (exact) mass is 418 g/mol. The minimum absolute atomic E-state index is 0.0435. The minimum atomic E-state index is 0.0435. The molecule has 3 aliphatic rings. The van der Waals surface area contributed by atoms with Crippen LogP contribution in [0.25, 0.3) is 5.57 Å². The van der Waals surface area contributed by atoms with E-state index in [-0.39, 0.29) is 5.91 Å². The number of ether oxygens (including phenoxy) is 2. The summed E-state index contributed by atoms with van der Waals surface area (Å²) in [6, 6.07) is 13.1. The average Bonchev–Trinajstić information content (AvgIpc) is 3.14. The second-order valence-corrected chi connectivity index (χ2v) is 8.68. The highest BCUT2D eigenvalue weighted by Crippen LogP contribution is 2.49. The van der Waals surface area contributed by atoms with Crippen LogP contribution in [0, 0.1) is 0 Å². The van der Waals surface area contributed by atoms with Crippen LogP contribution in [0.3, 0.4) is 0 Å². The molecule has 2 aromatic rings. The topological polar surface area (TPSA) is 50.8 Å². The molecule has 3 aliphatic heterocycles. The highest BCUT2D eigenvalue weighted by Gasteiger charge is 2.34. The summed E-state index contributed by atoms with van der Waals surface area (Å²) >= 11 is 0. The average molecular weight is 419 g/mol. The molecule has 2 atom stereocenters. The number of hydrogen-bond acceptors (Lipinski definition) is 4. The lowest BCUT2D eigenvalue weighted by Gasteiger charge is -2.31. The number of fused-ring (bicyclic) bond motifs is 4. The number of carbonyl (C=O) groups is 1. The molecule has 2 unspecified atom stereocenters. The van der Waals surface area contributed by atoms with Crippen LogP contribution in [0.5, 0.6) is 17.2 Å². The Labute approximate surface area is 184 Å². The molecule has 2 bridgehead atoms. The molecule has 0 aromatic heterocycles. The molecule has 31 heavy (non-hydrogen) atoms. The molecule has 1 amide bonds. The second kappa shape index (κ2) is 8.04. The van der Waals surface area contributed by atoms with Crippen LogP contribution in [0.15, 0.2) is 42.0 Å². The fourth-order valence-electron chi connectivity index (χ4n) is 5.31. The molecule has 0 aliphatic carbocycles. The molecular weight excluding hydrogens is 388 g/mol. The molecule has 2 aromatic carbocycles. The van der Waals surface area contributed by atoms with Crippen molar-refractivity contribution >= 4 is 11.5 Å².